The number of ketones is 1. The Kier molecular flexibility index (Phi) is 2.89. The second kappa shape index (κ2) is 4.15. The number of carbonyl (C=O) groups is 1. The van der Waals surface area contributed by atoms with Crippen LogP contribution in [0.5, 0.6) is 0 Å². The summed E-state index contributed by atoms with van der Waals surface area (Å²) in [7, 11) is 0. The van der Waals surface area contributed by atoms with Crippen LogP contribution in [0.2, 0.25) is 5.02 Å². The van der Waals surface area contributed by atoms with Crippen LogP contribution in [0, 0.1) is 0 Å². The Morgan fingerprint density at radius 1 is 1.43 bits per heavy atom. The van der Waals surface area contributed by atoms with Gasteiger partial charge in [0.1, 0.15) is 5.03 Å². The van der Waals surface area contributed by atoms with Gasteiger partial charge in [0.15, 0.2) is 5.78 Å². The first kappa shape index (κ1) is 9.74. The second-order valence-electron chi connectivity index (χ2n) is 2.97. The third-order valence-electron chi connectivity index (χ3n) is 1.89. The maximum atomic E-state index is 11.0. The Hall–Kier alpha value is -0.800. The molecule has 2 nitrogen and oxygen atoms in total. The molecule has 72 valence electrons. The Morgan fingerprint density at radius 2 is 2.29 bits per heavy atom. The van der Waals surface area contributed by atoms with Crippen LogP contribution in [0.3, 0.4) is 0 Å². The second-order valence-corrected chi connectivity index (χ2v) is 4.49. The summed E-state index contributed by atoms with van der Waals surface area (Å²) in [5.41, 5.74) is 0. The lowest BCUT2D eigenvalue weighted by molar-refractivity contribution is -0.114. The molecule has 2 rings (SSSR count). The number of carbonyl (C=O) groups excluding carboxylic acids is 1. The van der Waals surface area contributed by atoms with E-state index in [1.807, 2.05) is 0 Å². The van der Waals surface area contributed by atoms with Crippen molar-refractivity contribution < 1.29 is 4.79 Å². The molecule has 0 unspecified atom stereocenters. The zero-order valence-electron chi connectivity index (χ0n) is 7.37. The average Bonchev–Trinajstić information content (AvgIpc) is 2.56. The van der Waals surface area contributed by atoms with Gasteiger partial charge in [-0.15, -0.1) is 0 Å². The molecule has 0 aromatic carbocycles. The van der Waals surface area contributed by atoms with Crippen LogP contribution in [0.25, 0.3) is 0 Å². The normalized spacial score (nSPS) is 15.8. The quantitative estimate of drug-likeness (QED) is 0.775. The van der Waals surface area contributed by atoms with Gasteiger partial charge in [-0.1, -0.05) is 23.4 Å². The largest absolute Gasteiger partial charge is 0.295 e. The van der Waals surface area contributed by atoms with Gasteiger partial charge < -0.3 is 0 Å². The topological polar surface area (TPSA) is 30.0 Å². The zero-order chi connectivity index (χ0) is 9.97. The number of rotatable bonds is 2. The minimum Gasteiger partial charge on any atom is -0.295 e. The lowest BCUT2D eigenvalue weighted by Crippen LogP contribution is -1.80. The predicted octanol–water partition coefficient (Wildman–Crippen LogP) is 3.07. The van der Waals surface area contributed by atoms with E-state index in [0.717, 1.165) is 16.4 Å². The molecule has 14 heavy (non-hydrogen) atoms. The van der Waals surface area contributed by atoms with Gasteiger partial charge in [0.25, 0.3) is 0 Å². The maximum Gasteiger partial charge on any atom is 0.156 e. The highest BCUT2D eigenvalue weighted by molar-refractivity contribution is 8.03. The van der Waals surface area contributed by atoms with Crippen molar-refractivity contribution in [3.63, 3.8) is 0 Å². The van der Waals surface area contributed by atoms with E-state index in [0.29, 0.717) is 11.4 Å². The van der Waals surface area contributed by atoms with Crippen LogP contribution in [0.15, 0.2) is 34.3 Å². The zero-order valence-corrected chi connectivity index (χ0v) is 8.94. The van der Waals surface area contributed by atoms with Gasteiger partial charge in [-0.05, 0) is 29.5 Å². The minimum absolute atomic E-state index is 0.194. The standard InChI is InChI=1S/C10H8ClNOS/c11-9-2-1-5-12-10(9)14-8-4-3-7(13)6-8/h1-2,5-6H,3-4H2. The van der Waals surface area contributed by atoms with Crippen molar-refractivity contribution in [3.05, 3.63) is 34.3 Å². The molecular formula is C10H8ClNOS. The first-order valence-electron chi connectivity index (χ1n) is 4.27. The van der Waals surface area contributed by atoms with Crippen LogP contribution in [-0.2, 0) is 4.79 Å². The molecule has 0 N–H and O–H groups in total. The highest BCUT2D eigenvalue weighted by Crippen LogP contribution is 2.35. The summed E-state index contributed by atoms with van der Waals surface area (Å²) in [6.07, 6.45) is 4.81. The molecule has 0 fully saturated rings. The smallest absolute Gasteiger partial charge is 0.156 e. The summed E-state index contributed by atoms with van der Waals surface area (Å²) in [6, 6.07) is 3.59. The number of allylic oxidation sites excluding steroid dienone is 2. The van der Waals surface area contributed by atoms with E-state index in [-0.39, 0.29) is 5.78 Å². The van der Waals surface area contributed by atoms with E-state index in [9.17, 15) is 4.79 Å². The van der Waals surface area contributed by atoms with E-state index in [2.05, 4.69) is 4.98 Å². The number of thioether (sulfide) groups is 1. The number of aromatic nitrogens is 1. The summed E-state index contributed by atoms with van der Waals surface area (Å²) < 4.78 is 0. The molecule has 0 saturated heterocycles. The molecule has 0 atom stereocenters. The molecule has 0 saturated carbocycles. The number of halogens is 1. The van der Waals surface area contributed by atoms with Crippen LogP contribution >= 0.6 is 23.4 Å². The first-order chi connectivity index (χ1) is 6.75. The molecule has 1 heterocycles. The van der Waals surface area contributed by atoms with Crippen molar-refractivity contribution in [2.24, 2.45) is 0 Å². The summed E-state index contributed by atoms with van der Waals surface area (Å²) in [4.78, 5) is 16.2. The van der Waals surface area contributed by atoms with Gasteiger partial charge in [0, 0.05) is 12.6 Å². The molecule has 0 spiro atoms. The number of nitrogens with zero attached hydrogens (tertiary/aromatic N) is 1. The molecule has 1 aliphatic carbocycles. The predicted molar refractivity (Wildman–Crippen MR) is 57.4 cm³/mol. The first-order valence-corrected chi connectivity index (χ1v) is 5.47. The van der Waals surface area contributed by atoms with E-state index in [1.54, 1.807) is 24.4 Å². The molecule has 1 aliphatic rings. The van der Waals surface area contributed by atoms with Crippen molar-refractivity contribution in [1.29, 1.82) is 0 Å². The van der Waals surface area contributed by atoms with Gasteiger partial charge in [-0.25, -0.2) is 4.98 Å². The number of hydrogen-bond donors (Lipinski definition) is 0. The summed E-state index contributed by atoms with van der Waals surface area (Å²) >= 11 is 7.42. The Labute approximate surface area is 91.4 Å². The van der Waals surface area contributed by atoms with Crippen molar-refractivity contribution in [2.75, 3.05) is 0 Å². The molecule has 0 aliphatic heterocycles. The van der Waals surface area contributed by atoms with Crippen LogP contribution in [0.1, 0.15) is 12.8 Å². The van der Waals surface area contributed by atoms with Crippen molar-refractivity contribution in [2.45, 2.75) is 17.9 Å². The summed E-state index contributed by atoms with van der Waals surface area (Å²) in [6.45, 7) is 0. The Morgan fingerprint density at radius 3 is 2.93 bits per heavy atom. The van der Waals surface area contributed by atoms with Gasteiger partial charge in [0.2, 0.25) is 0 Å². The van der Waals surface area contributed by atoms with Gasteiger partial charge in [-0.3, -0.25) is 4.79 Å². The van der Waals surface area contributed by atoms with E-state index in [4.69, 9.17) is 11.6 Å². The van der Waals surface area contributed by atoms with Crippen LogP contribution in [0.4, 0.5) is 0 Å². The fourth-order valence-electron chi connectivity index (χ4n) is 1.22. The van der Waals surface area contributed by atoms with Crippen molar-refractivity contribution in [3.8, 4) is 0 Å². The van der Waals surface area contributed by atoms with E-state index in [1.165, 1.54) is 11.8 Å². The molecule has 1 aromatic heterocycles. The molecule has 4 heteroatoms. The number of hydrogen-bond acceptors (Lipinski definition) is 3. The maximum absolute atomic E-state index is 11.0. The molecule has 1 aromatic rings. The number of pyridine rings is 1. The third-order valence-corrected chi connectivity index (χ3v) is 3.41. The fraction of sp³-hybridized carbons (Fsp3) is 0.200. The van der Waals surface area contributed by atoms with Crippen molar-refractivity contribution in [1.82, 2.24) is 4.98 Å². The van der Waals surface area contributed by atoms with Crippen molar-refractivity contribution >= 4 is 29.1 Å². The van der Waals surface area contributed by atoms with Crippen LogP contribution < -0.4 is 0 Å². The van der Waals surface area contributed by atoms with Gasteiger partial charge in [-0.2, -0.15) is 0 Å². The molecule has 0 bridgehead atoms. The Bertz CT molecular complexity index is 403. The Balaban J connectivity index is 2.15. The summed E-state index contributed by atoms with van der Waals surface area (Å²) in [5, 5.41) is 1.41. The SMILES string of the molecule is O=C1C=C(Sc2ncccc2Cl)CC1. The van der Waals surface area contributed by atoms with E-state index < -0.39 is 0 Å². The summed E-state index contributed by atoms with van der Waals surface area (Å²) in [5.74, 6) is 0.194. The highest BCUT2D eigenvalue weighted by Gasteiger charge is 2.14. The minimum atomic E-state index is 0.194. The lowest BCUT2D eigenvalue weighted by Gasteiger charge is -2.01. The fourth-order valence-corrected chi connectivity index (χ4v) is 2.38. The molecule has 0 amide bonds. The third kappa shape index (κ3) is 2.16. The molecule has 0 radical (unpaired) electrons. The highest BCUT2D eigenvalue weighted by atomic mass is 35.5. The van der Waals surface area contributed by atoms with Gasteiger partial charge in [0.05, 0.1) is 5.02 Å². The monoisotopic (exact) mass is 225 g/mol. The van der Waals surface area contributed by atoms with Crippen LogP contribution in [-0.4, -0.2) is 10.8 Å². The lowest BCUT2D eigenvalue weighted by atomic mass is 10.3. The van der Waals surface area contributed by atoms with E-state index >= 15 is 0 Å². The average molecular weight is 226 g/mol. The van der Waals surface area contributed by atoms with Gasteiger partial charge >= 0.3 is 0 Å². The molecular weight excluding hydrogens is 218 g/mol.